The molecule has 4 N–H and O–H groups in total. The van der Waals surface area contributed by atoms with E-state index in [9.17, 15) is 4.39 Å². The van der Waals surface area contributed by atoms with Gasteiger partial charge >= 0.3 is 0 Å². The Labute approximate surface area is 178 Å². The lowest BCUT2D eigenvalue weighted by atomic mass is 10.2. The summed E-state index contributed by atoms with van der Waals surface area (Å²) in [7, 11) is 0. The minimum absolute atomic E-state index is 0.0520. The standard InChI is InChI=1S/C20H23ClFN5O3/c1-10(2)24-18-5-12(4-11(3)25-18)20-26-19(27-30-20)14-6-16(22)17(7-15(14)21)29-9-13(23)8-28/h4-7,10,13,28H,8-9,23H2,1-3H3,(H,24,25)/t13-/m1/s1. The van der Waals surface area contributed by atoms with E-state index in [0.717, 1.165) is 5.69 Å². The largest absolute Gasteiger partial charge is 0.489 e. The van der Waals surface area contributed by atoms with Crippen molar-refractivity contribution in [3.8, 4) is 28.6 Å². The molecule has 0 bridgehead atoms. The smallest absolute Gasteiger partial charge is 0.258 e. The van der Waals surface area contributed by atoms with E-state index in [1.807, 2.05) is 26.8 Å². The first-order chi connectivity index (χ1) is 14.3. The minimum atomic E-state index is -0.658. The second kappa shape index (κ2) is 9.38. The first-order valence-electron chi connectivity index (χ1n) is 9.34. The van der Waals surface area contributed by atoms with Gasteiger partial charge in [0.15, 0.2) is 11.6 Å². The van der Waals surface area contributed by atoms with Crippen molar-refractivity contribution in [1.82, 2.24) is 15.1 Å². The Morgan fingerprint density at radius 1 is 1.27 bits per heavy atom. The Hall–Kier alpha value is -2.75. The molecular formula is C20H23ClFN5O3. The van der Waals surface area contributed by atoms with Crippen LogP contribution in [0.15, 0.2) is 28.8 Å². The van der Waals surface area contributed by atoms with E-state index in [2.05, 4.69) is 20.4 Å². The number of nitrogens with one attached hydrogen (secondary N) is 1. The van der Waals surface area contributed by atoms with Gasteiger partial charge in [0.1, 0.15) is 12.4 Å². The fraction of sp³-hybridized carbons (Fsp3) is 0.350. The maximum atomic E-state index is 14.4. The van der Waals surface area contributed by atoms with Crippen LogP contribution >= 0.6 is 11.6 Å². The Morgan fingerprint density at radius 3 is 2.73 bits per heavy atom. The van der Waals surface area contributed by atoms with Crippen molar-refractivity contribution < 1.29 is 18.8 Å². The van der Waals surface area contributed by atoms with Crippen LogP contribution in [0.1, 0.15) is 19.5 Å². The molecule has 30 heavy (non-hydrogen) atoms. The zero-order chi connectivity index (χ0) is 21.8. The second-order valence-corrected chi connectivity index (χ2v) is 7.53. The number of nitrogens with zero attached hydrogens (tertiary/aromatic N) is 3. The summed E-state index contributed by atoms with van der Waals surface area (Å²) in [5.74, 6) is 0.347. The lowest BCUT2D eigenvalue weighted by Gasteiger charge is -2.12. The highest BCUT2D eigenvalue weighted by molar-refractivity contribution is 6.33. The summed E-state index contributed by atoms with van der Waals surface area (Å²) in [6.07, 6.45) is 0. The van der Waals surface area contributed by atoms with Gasteiger partial charge in [0, 0.05) is 28.9 Å². The molecule has 1 atom stereocenters. The molecule has 0 saturated carbocycles. The summed E-state index contributed by atoms with van der Waals surface area (Å²) in [6.45, 7) is 5.55. The molecule has 0 spiro atoms. The molecule has 160 valence electrons. The molecule has 2 aromatic heterocycles. The average molecular weight is 436 g/mol. The van der Waals surface area contributed by atoms with E-state index >= 15 is 0 Å². The fourth-order valence-electron chi connectivity index (χ4n) is 2.67. The predicted octanol–water partition coefficient (Wildman–Crippen LogP) is 3.42. The highest BCUT2D eigenvalue weighted by Crippen LogP contribution is 2.33. The molecule has 0 aliphatic heterocycles. The summed E-state index contributed by atoms with van der Waals surface area (Å²) in [6, 6.07) is 5.68. The molecule has 1 aromatic carbocycles. The molecule has 0 radical (unpaired) electrons. The van der Waals surface area contributed by atoms with E-state index in [1.54, 1.807) is 6.07 Å². The Kier molecular flexibility index (Phi) is 6.86. The third-order valence-electron chi connectivity index (χ3n) is 4.01. The Bertz CT molecular complexity index is 1030. The van der Waals surface area contributed by atoms with Gasteiger partial charge in [0.2, 0.25) is 5.82 Å². The van der Waals surface area contributed by atoms with Crippen LogP contribution in [0.25, 0.3) is 22.8 Å². The van der Waals surface area contributed by atoms with Crippen molar-refractivity contribution in [2.45, 2.75) is 32.9 Å². The van der Waals surface area contributed by atoms with Crippen molar-refractivity contribution in [1.29, 1.82) is 0 Å². The number of hydrogen-bond donors (Lipinski definition) is 3. The second-order valence-electron chi connectivity index (χ2n) is 7.12. The maximum absolute atomic E-state index is 14.4. The number of rotatable bonds is 8. The van der Waals surface area contributed by atoms with E-state index in [1.165, 1.54) is 12.1 Å². The zero-order valence-electron chi connectivity index (χ0n) is 16.8. The Morgan fingerprint density at radius 2 is 2.03 bits per heavy atom. The summed E-state index contributed by atoms with van der Waals surface area (Å²) < 4.78 is 25.1. The number of anilines is 1. The molecule has 0 aliphatic rings. The zero-order valence-corrected chi connectivity index (χ0v) is 17.6. The molecule has 0 unspecified atom stereocenters. The maximum Gasteiger partial charge on any atom is 0.258 e. The number of aryl methyl sites for hydroxylation is 1. The number of aromatic nitrogens is 3. The fourth-order valence-corrected chi connectivity index (χ4v) is 2.91. The van der Waals surface area contributed by atoms with Gasteiger partial charge in [-0.05, 0) is 39.0 Å². The topological polar surface area (TPSA) is 119 Å². The molecule has 3 rings (SSSR count). The van der Waals surface area contributed by atoms with E-state index in [4.69, 9.17) is 31.7 Å². The van der Waals surface area contributed by atoms with E-state index in [0.29, 0.717) is 11.4 Å². The summed E-state index contributed by atoms with van der Waals surface area (Å²) in [5.41, 5.74) is 7.28. The van der Waals surface area contributed by atoms with Crippen molar-refractivity contribution >= 4 is 17.4 Å². The summed E-state index contributed by atoms with van der Waals surface area (Å²) in [4.78, 5) is 8.78. The van der Waals surface area contributed by atoms with Gasteiger partial charge < -0.3 is 25.4 Å². The van der Waals surface area contributed by atoms with Crippen LogP contribution in [0.5, 0.6) is 5.75 Å². The van der Waals surface area contributed by atoms with E-state index in [-0.39, 0.29) is 47.3 Å². The van der Waals surface area contributed by atoms with Gasteiger partial charge in [-0.3, -0.25) is 0 Å². The molecular weight excluding hydrogens is 413 g/mol. The number of halogens is 2. The van der Waals surface area contributed by atoms with Crippen LogP contribution in [0, 0.1) is 12.7 Å². The third kappa shape index (κ3) is 5.24. The molecule has 10 heteroatoms. The van der Waals surface area contributed by atoms with Gasteiger partial charge in [0.05, 0.1) is 17.7 Å². The highest BCUT2D eigenvalue weighted by Gasteiger charge is 2.18. The number of aliphatic hydroxyl groups is 1. The molecule has 3 aromatic rings. The highest BCUT2D eigenvalue weighted by atomic mass is 35.5. The van der Waals surface area contributed by atoms with Gasteiger partial charge in [-0.15, -0.1) is 0 Å². The number of aliphatic hydroxyl groups excluding tert-OH is 1. The molecule has 2 heterocycles. The van der Waals surface area contributed by atoms with Gasteiger partial charge in [-0.25, -0.2) is 9.37 Å². The number of nitrogens with two attached hydrogens (primary N) is 1. The van der Waals surface area contributed by atoms with Crippen molar-refractivity contribution in [2.75, 3.05) is 18.5 Å². The van der Waals surface area contributed by atoms with E-state index < -0.39 is 11.9 Å². The molecule has 0 saturated heterocycles. The quantitative estimate of drug-likeness (QED) is 0.492. The van der Waals surface area contributed by atoms with Gasteiger partial charge in [-0.2, -0.15) is 4.98 Å². The van der Waals surface area contributed by atoms with Gasteiger partial charge in [-0.1, -0.05) is 16.8 Å². The molecule has 0 fully saturated rings. The SMILES string of the molecule is Cc1cc(-c2nc(-c3cc(F)c(OC[C@H](N)CO)cc3Cl)no2)cc(NC(C)C)n1. The monoisotopic (exact) mass is 435 g/mol. The number of pyridine rings is 1. The van der Waals surface area contributed by atoms with Crippen LogP contribution in [-0.2, 0) is 0 Å². The van der Waals surface area contributed by atoms with Crippen LogP contribution in [0.2, 0.25) is 5.02 Å². The molecule has 0 aliphatic carbocycles. The minimum Gasteiger partial charge on any atom is -0.489 e. The lowest BCUT2D eigenvalue weighted by molar-refractivity contribution is 0.202. The lowest BCUT2D eigenvalue weighted by Crippen LogP contribution is -2.31. The summed E-state index contributed by atoms with van der Waals surface area (Å²) in [5, 5.41) is 16.3. The molecule has 0 amide bonds. The normalized spacial score (nSPS) is 12.3. The average Bonchev–Trinajstić information content (AvgIpc) is 3.17. The van der Waals surface area contributed by atoms with Crippen molar-refractivity contribution in [3.05, 3.63) is 40.8 Å². The first kappa shape index (κ1) is 21.9. The Balaban J connectivity index is 1.87. The number of ether oxygens (including phenoxy) is 1. The predicted molar refractivity (Wildman–Crippen MR) is 112 cm³/mol. The van der Waals surface area contributed by atoms with Crippen LogP contribution in [0.3, 0.4) is 0 Å². The summed E-state index contributed by atoms with van der Waals surface area (Å²) >= 11 is 6.28. The number of benzene rings is 1. The van der Waals surface area contributed by atoms with Crippen molar-refractivity contribution in [2.24, 2.45) is 5.73 Å². The van der Waals surface area contributed by atoms with Gasteiger partial charge in [0.25, 0.3) is 5.89 Å². The molecule has 8 nitrogen and oxygen atoms in total. The number of hydrogen-bond acceptors (Lipinski definition) is 8. The van der Waals surface area contributed by atoms with Crippen molar-refractivity contribution in [3.63, 3.8) is 0 Å². The third-order valence-corrected chi connectivity index (χ3v) is 4.33. The van der Waals surface area contributed by atoms with Crippen LogP contribution in [0.4, 0.5) is 10.2 Å². The van der Waals surface area contributed by atoms with Crippen LogP contribution in [-0.4, -0.2) is 45.5 Å². The first-order valence-corrected chi connectivity index (χ1v) is 9.72. The van der Waals surface area contributed by atoms with Crippen LogP contribution < -0.4 is 15.8 Å².